The van der Waals surface area contributed by atoms with Crippen LogP contribution in [0.3, 0.4) is 0 Å². The molecule has 0 bridgehead atoms. The van der Waals surface area contributed by atoms with Gasteiger partial charge >= 0.3 is 6.18 Å². The Balaban J connectivity index is 2.13. The van der Waals surface area contributed by atoms with E-state index in [9.17, 15) is 18.3 Å². The van der Waals surface area contributed by atoms with Crippen molar-refractivity contribution in [2.45, 2.75) is 40.3 Å². The maximum absolute atomic E-state index is 13.0. The molecule has 30 heavy (non-hydrogen) atoms. The van der Waals surface area contributed by atoms with Crippen LogP contribution >= 0.6 is 0 Å². The second kappa shape index (κ2) is 8.20. The van der Waals surface area contributed by atoms with Gasteiger partial charge in [0.1, 0.15) is 5.75 Å². The highest BCUT2D eigenvalue weighted by Crippen LogP contribution is 2.34. The maximum Gasteiger partial charge on any atom is 0.416 e. The molecule has 0 saturated carbocycles. The zero-order valence-corrected chi connectivity index (χ0v) is 17.7. The summed E-state index contributed by atoms with van der Waals surface area (Å²) < 4.78 is 38.9. The number of fused-ring (bicyclic) bond motifs is 1. The van der Waals surface area contributed by atoms with Gasteiger partial charge < -0.3 is 15.7 Å². The first kappa shape index (κ1) is 22.0. The van der Waals surface area contributed by atoms with Gasteiger partial charge in [0, 0.05) is 53.6 Å². The first-order chi connectivity index (χ1) is 14.0. The van der Waals surface area contributed by atoms with Crippen molar-refractivity contribution < 1.29 is 18.3 Å². The average molecular weight is 419 g/mol. The Morgan fingerprint density at radius 2 is 1.90 bits per heavy atom. The molecule has 1 aliphatic rings. The third-order valence-corrected chi connectivity index (χ3v) is 6.01. The molecule has 4 nitrogen and oxygen atoms in total. The number of halogens is 3. The van der Waals surface area contributed by atoms with E-state index in [1.54, 1.807) is 12.4 Å². The van der Waals surface area contributed by atoms with Crippen LogP contribution in [-0.4, -0.2) is 23.2 Å². The Kier molecular flexibility index (Phi) is 6.01. The number of hydrogen-bond donors (Lipinski definition) is 3. The predicted octanol–water partition coefficient (Wildman–Crippen LogP) is 3.34. The molecule has 2 aromatic rings. The summed E-state index contributed by atoms with van der Waals surface area (Å²) in [6.45, 7) is 10.2. The third-order valence-electron chi connectivity index (χ3n) is 6.01. The van der Waals surface area contributed by atoms with Crippen LogP contribution in [0, 0.1) is 11.3 Å². The Morgan fingerprint density at radius 3 is 2.53 bits per heavy atom. The first-order valence-corrected chi connectivity index (χ1v) is 10.1. The fourth-order valence-corrected chi connectivity index (χ4v) is 3.28. The lowest BCUT2D eigenvalue weighted by atomic mass is 9.81. The lowest BCUT2D eigenvalue weighted by molar-refractivity contribution is -0.137. The van der Waals surface area contributed by atoms with E-state index in [2.05, 4.69) is 43.3 Å². The highest BCUT2D eigenvalue weighted by molar-refractivity contribution is 5.70. The van der Waals surface area contributed by atoms with Gasteiger partial charge in [-0.25, -0.2) is 0 Å². The zero-order chi connectivity index (χ0) is 22.1. The quantitative estimate of drug-likeness (QED) is 0.696. The zero-order valence-electron chi connectivity index (χ0n) is 17.7. The molecule has 1 aliphatic heterocycles. The fourth-order valence-electron chi connectivity index (χ4n) is 3.28. The van der Waals surface area contributed by atoms with Crippen molar-refractivity contribution in [3.8, 4) is 5.75 Å². The van der Waals surface area contributed by atoms with E-state index in [-0.39, 0.29) is 5.41 Å². The van der Waals surface area contributed by atoms with Crippen molar-refractivity contribution in [2.75, 3.05) is 13.1 Å². The summed E-state index contributed by atoms with van der Waals surface area (Å²) >= 11 is 0. The maximum atomic E-state index is 13.0. The van der Waals surface area contributed by atoms with Gasteiger partial charge in [-0.1, -0.05) is 27.7 Å². The Hall–Kier alpha value is -2.70. The van der Waals surface area contributed by atoms with E-state index in [0.29, 0.717) is 30.1 Å². The van der Waals surface area contributed by atoms with Crippen molar-refractivity contribution in [3.63, 3.8) is 0 Å². The molecular formula is C23H28F3N3O. The molecule has 0 radical (unpaired) electrons. The number of phenolic OH excluding ortho intramolecular Hbond substituents is 1. The average Bonchev–Trinajstić information content (AvgIpc) is 2.85. The summed E-state index contributed by atoms with van der Waals surface area (Å²) in [7, 11) is 0. The molecular weight excluding hydrogens is 391 g/mol. The van der Waals surface area contributed by atoms with Crippen molar-refractivity contribution in [3.05, 3.63) is 58.2 Å². The molecule has 0 fully saturated rings. The van der Waals surface area contributed by atoms with Crippen molar-refractivity contribution in [2.24, 2.45) is 11.3 Å². The van der Waals surface area contributed by atoms with Gasteiger partial charge in [0.25, 0.3) is 0 Å². The number of nitrogens with zero attached hydrogens (tertiary/aromatic N) is 1. The van der Waals surface area contributed by atoms with Crippen LogP contribution in [0.2, 0.25) is 0 Å². The highest BCUT2D eigenvalue weighted by atomic mass is 19.4. The van der Waals surface area contributed by atoms with E-state index < -0.39 is 17.5 Å². The van der Waals surface area contributed by atoms with Crippen molar-refractivity contribution >= 4 is 11.4 Å². The van der Waals surface area contributed by atoms with Gasteiger partial charge in [0.05, 0.1) is 11.3 Å². The molecule has 162 valence electrons. The van der Waals surface area contributed by atoms with Crippen LogP contribution in [0.15, 0.2) is 36.7 Å². The number of benzene rings is 1. The van der Waals surface area contributed by atoms with Crippen molar-refractivity contribution in [1.29, 1.82) is 0 Å². The lowest BCUT2D eigenvalue weighted by Gasteiger charge is -2.30. The van der Waals surface area contributed by atoms with Gasteiger partial charge in [0.2, 0.25) is 0 Å². The fraction of sp³-hybridized carbons (Fsp3) is 0.435. The number of aromatic hydroxyl groups is 1. The number of phenols is 1. The normalized spacial score (nSPS) is 14.9. The molecule has 0 saturated heterocycles. The van der Waals surface area contributed by atoms with E-state index in [0.717, 1.165) is 34.8 Å². The smallest absolute Gasteiger partial charge is 0.416 e. The topological polar surface area (TPSA) is 57.2 Å². The van der Waals surface area contributed by atoms with E-state index in [4.69, 9.17) is 0 Å². The number of nitrogens with one attached hydrogen (secondary N) is 2. The molecule has 0 unspecified atom stereocenters. The Labute approximate surface area is 174 Å². The lowest BCUT2D eigenvalue weighted by Crippen LogP contribution is -2.38. The third kappa shape index (κ3) is 4.55. The molecule has 1 aromatic carbocycles. The SMILES string of the molecule is CC(C)C(C)(C)CNC1=c2cnccc2=C(c2ccc(C(F)(F)F)cc2O)NCC1. The Morgan fingerprint density at radius 1 is 1.17 bits per heavy atom. The molecule has 0 spiro atoms. The van der Waals surface area contributed by atoms with Gasteiger partial charge in [-0.05, 0) is 35.6 Å². The highest BCUT2D eigenvalue weighted by Gasteiger charge is 2.31. The minimum atomic E-state index is -4.51. The summed E-state index contributed by atoms with van der Waals surface area (Å²) in [5.74, 6) is 0.0847. The minimum Gasteiger partial charge on any atom is -0.507 e. The van der Waals surface area contributed by atoms with Crippen LogP contribution in [-0.2, 0) is 6.18 Å². The van der Waals surface area contributed by atoms with Gasteiger partial charge in [-0.3, -0.25) is 4.98 Å². The molecule has 3 rings (SSSR count). The number of aromatic nitrogens is 1. The molecule has 0 aliphatic carbocycles. The first-order valence-electron chi connectivity index (χ1n) is 10.1. The molecule has 7 heteroatoms. The second-order valence-electron chi connectivity index (χ2n) is 8.68. The van der Waals surface area contributed by atoms with E-state index in [1.807, 2.05) is 6.07 Å². The largest absolute Gasteiger partial charge is 0.507 e. The number of hydrogen-bond acceptors (Lipinski definition) is 4. The van der Waals surface area contributed by atoms with Crippen LogP contribution in [0.5, 0.6) is 5.75 Å². The van der Waals surface area contributed by atoms with Crippen LogP contribution in [0.25, 0.3) is 11.4 Å². The molecule has 1 aromatic heterocycles. The van der Waals surface area contributed by atoms with Gasteiger partial charge in [-0.2, -0.15) is 13.2 Å². The molecule has 2 heterocycles. The van der Waals surface area contributed by atoms with E-state index in [1.165, 1.54) is 6.07 Å². The summed E-state index contributed by atoms with van der Waals surface area (Å²) in [5, 5.41) is 18.9. The van der Waals surface area contributed by atoms with Crippen molar-refractivity contribution in [1.82, 2.24) is 15.6 Å². The molecule has 0 atom stereocenters. The second-order valence-corrected chi connectivity index (χ2v) is 8.68. The Bertz CT molecular complexity index is 1040. The van der Waals surface area contributed by atoms with Crippen LogP contribution in [0.4, 0.5) is 13.2 Å². The molecule has 3 N–H and O–H groups in total. The standard InChI is InChI=1S/C23H28F3N3O/c1-14(2)22(3,4)13-29-19-8-10-28-21(16-7-9-27-12-18(16)19)17-6-5-15(11-20(17)30)23(24,25)26/h5-7,9,11-12,14,28-30H,8,10,13H2,1-4H3. The summed E-state index contributed by atoms with van der Waals surface area (Å²) in [6.07, 6.45) is -0.401. The van der Waals surface area contributed by atoms with Gasteiger partial charge in [0.15, 0.2) is 0 Å². The summed E-state index contributed by atoms with van der Waals surface area (Å²) in [4.78, 5) is 4.25. The van der Waals surface area contributed by atoms with E-state index >= 15 is 0 Å². The van der Waals surface area contributed by atoms with Crippen LogP contribution < -0.4 is 21.1 Å². The van der Waals surface area contributed by atoms with Crippen LogP contribution in [0.1, 0.15) is 45.2 Å². The monoisotopic (exact) mass is 419 g/mol. The number of rotatable bonds is 5. The minimum absolute atomic E-state index is 0.0906. The molecule has 0 amide bonds. The predicted molar refractivity (Wildman–Crippen MR) is 112 cm³/mol. The van der Waals surface area contributed by atoms with Gasteiger partial charge in [-0.15, -0.1) is 0 Å². The number of pyridine rings is 1. The summed E-state index contributed by atoms with van der Waals surface area (Å²) in [6, 6.07) is 4.88. The number of alkyl halides is 3. The summed E-state index contributed by atoms with van der Waals surface area (Å²) in [5.41, 5.74) is 1.17.